The van der Waals surface area contributed by atoms with Crippen molar-refractivity contribution >= 4 is 11.6 Å². The first-order valence-corrected chi connectivity index (χ1v) is 7.83. The average Bonchev–Trinajstić information content (AvgIpc) is 2.67. The number of hydrogen-bond acceptors (Lipinski definition) is 4. The van der Waals surface area contributed by atoms with Crippen LogP contribution in [0.3, 0.4) is 0 Å². The maximum absolute atomic E-state index is 12.4. The van der Waals surface area contributed by atoms with E-state index >= 15 is 0 Å². The Kier molecular flexibility index (Phi) is 5.26. The minimum absolute atomic E-state index is 0.208. The molecule has 5 nitrogen and oxygen atoms in total. The molecular formula is C20H18N2O3. The third-order valence-corrected chi connectivity index (χ3v) is 3.54. The second-order valence-electron chi connectivity index (χ2n) is 5.32. The van der Waals surface area contributed by atoms with Crippen molar-refractivity contribution in [2.45, 2.75) is 6.61 Å². The molecule has 0 aliphatic heterocycles. The summed E-state index contributed by atoms with van der Waals surface area (Å²) in [5, 5.41) is 2.86. The summed E-state index contributed by atoms with van der Waals surface area (Å²) >= 11 is 0. The highest BCUT2D eigenvalue weighted by atomic mass is 16.5. The Labute approximate surface area is 146 Å². The van der Waals surface area contributed by atoms with E-state index in [0.717, 1.165) is 5.69 Å². The Morgan fingerprint density at radius 1 is 1.00 bits per heavy atom. The Morgan fingerprint density at radius 3 is 2.64 bits per heavy atom. The van der Waals surface area contributed by atoms with Gasteiger partial charge in [-0.3, -0.25) is 9.78 Å². The molecule has 2 aromatic carbocycles. The van der Waals surface area contributed by atoms with Crippen molar-refractivity contribution in [3.8, 4) is 11.5 Å². The van der Waals surface area contributed by atoms with Crippen LogP contribution in [0.25, 0.3) is 0 Å². The van der Waals surface area contributed by atoms with E-state index in [9.17, 15) is 4.79 Å². The molecule has 0 saturated carbocycles. The van der Waals surface area contributed by atoms with Gasteiger partial charge >= 0.3 is 0 Å². The highest BCUT2D eigenvalue weighted by Gasteiger charge is 2.08. The molecule has 1 heterocycles. The first kappa shape index (κ1) is 16.5. The number of hydrogen-bond donors (Lipinski definition) is 1. The van der Waals surface area contributed by atoms with Gasteiger partial charge in [0, 0.05) is 23.5 Å². The number of pyridine rings is 1. The molecule has 0 spiro atoms. The molecule has 0 radical (unpaired) electrons. The second kappa shape index (κ2) is 7.97. The Morgan fingerprint density at radius 2 is 1.84 bits per heavy atom. The van der Waals surface area contributed by atoms with E-state index in [2.05, 4.69) is 10.3 Å². The van der Waals surface area contributed by atoms with Gasteiger partial charge in [0.05, 0.1) is 12.8 Å². The SMILES string of the molecule is COc1cccc(C(=O)Nc2cccc(OCc3ccccn3)c2)c1. The monoisotopic (exact) mass is 334 g/mol. The van der Waals surface area contributed by atoms with Gasteiger partial charge in [0.2, 0.25) is 0 Å². The van der Waals surface area contributed by atoms with E-state index < -0.39 is 0 Å². The fourth-order valence-corrected chi connectivity index (χ4v) is 2.27. The molecule has 5 heteroatoms. The Balaban J connectivity index is 1.65. The highest BCUT2D eigenvalue weighted by Crippen LogP contribution is 2.20. The lowest BCUT2D eigenvalue weighted by molar-refractivity contribution is 0.102. The molecule has 0 bridgehead atoms. The van der Waals surface area contributed by atoms with Gasteiger partial charge in [0.25, 0.3) is 5.91 Å². The molecular weight excluding hydrogens is 316 g/mol. The van der Waals surface area contributed by atoms with Crippen molar-refractivity contribution in [2.24, 2.45) is 0 Å². The van der Waals surface area contributed by atoms with Crippen LogP contribution in [-0.4, -0.2) is 18.0 Å². The van der Waals surface area contributed by atoms with Crippen molar-refractivity contribution in [2.75, 3.05) is 12.4 Å². The minimum atomic E-state index is -0.208. The van der Waals surface area contributed by atoms with E-state index in [1.807, 2.05) is 36.4 Å². The standard InChI is InChI=1S/C20H18N2O3/c1-24-18-9-4-6-15(12-18)20(23)22-16-8-5-10-19(13-16)25-14-17-7-2-3-11-21-17/h2-13H,14H2,1H3,(H,22,23). The zero-order valence-corrected chi connectivity index (χ0v) is 13.8. The summed E-state index contributed by atoms with van der Waals surface area (Å²) in [6, 6.07) is 19.9. The number of anilines is 1. The first-order valence-electron chi connectivity index (χ1n) is 7.83. The van der Waals surface area contributed by atoms with Crippen LogP contribution in [0.2, 0.25) is 0 Å². The predicted octanol–water partition coefficient (Wildman–Crippen LogP) is 3.92. The molecule has 0 aliphatic carbocycles. The lowest BCUT2D eigenvalue weighted by Gasteiger charge is -2.09. The van der Waals surface area contributed by atoms with Gasteiger partial charge in [0.1, 0.15) is 18.1 Å². The normalized spacial score (nSPS) is 10.1. The maximum atomic E-state index is 12.4. The van der Waals surface area contributed by atoms with Crippen molar-refractivity contribution in [1.29, 1.82) is 0 Å². The number of carbonyl (C=O) groups is 1. The Bertz CT molecular complexity index is 850. The van der Waals surface area contributed by atoms with Gasteiger partial charge in [-0.1, -0.05) is 18.2 Å². The molecule has 1 aromatic heterocycles. The second-order valence-corrected chi connectivity index (χ2v) is 5.32. The number of benzene rings is 2. The number of aromatic nitrogens is 1. The zero-order chi connectivity index (χ0) is 17.5. The van der Waals surface area contributed by atoms with Crippen LogP contribution in [0, 0.1) is 0 Å². The smallest absolute Gasteiger partial charge is 0.255 e. The summed E-state index contributed by atoms with van der Waals surface area (Å²) in [7, 11) is 1.57. The van der Waals surface area contributed by atoms with Gasteiger partial charge in [-0.2, -0.15) is 0 Å². The van der Waals surface area contributed by atoms with Crippen LogP contribution in [0.4, 0.5) is 5.69 Å². The molecule has 0 atom stereocenters. The van der Waals surface area contributed by atoms with E-state index in [-0.39, 0.29) is 5.91 Å². The zero-order valence-electron chi connectivity index (χ0n) is 13.8. The largest absolute Gasteiger partial charge is 0.497 e. The van der Waals surface area contributed by atoms with Crippen LogP contribution in [0.1, 0.15) is 16.1 Å². The average molecular weight is 334 g/mol. The fraction of sp³-hybridized carbons (Fsp3) is 0.100. The van der Waals surface area contributed by atoms with Crippen LogP contribution < -0.4 is 14.8 Å². The third-order valence-electron chi connectivity index (χ3n) is 3.54. The number of carbonyl (C=O) groups excluding carboxylic acids is 1. The number of amides is 1. The molecule has 25 heavy (non-hydrogen) atoms. The van der Waals surface area contributed by atoms with Gasteiger partial charge in [0.15, 0.2) is 0 Å². The quantitative estimate of drug-likeness (QED) is 0.742. The Hall–Kier alpha value is -3.34. The topological polar surface area (TPSA) is 60.5 Å². The van der Waals surface area contributed by atoms with Crippen LogP contribution >= 0.6 is 0 Å². The maximum Gasteiger partial charge on any atom is 0.255 e. The number of methoxy groups -OCH3 is 1. The highest BCUT2D eigenvalue weighted by molar-refractivity contribution is 6.04. The van der Waals surface area contributed by atoms with Crippen LogP contribution in [0.5, 0.6) is 11.5 Å². The summed E-state index contributed by atoms with van der Waals surface area (Å²) in [4.78, 5) is 16.6. The minimum Gasteiger partial charge on any atom is -0.497 e. The molecule has 3 rings (SSSR count). The summed E-state index contributed by atoms with van der Waals surface area (Å²) in [5.74, 6) is 1.09. The lowest BCUT2D eigenvalue weighted by Crippen LogP contribution is -2.12. The van der Waals surface area contributed by atoms with Gasteiger partial charge in [-0.15, -0.1) is 0 Å². The molecule has 0 aliphatic rings. The van der Waals surface area contributed by atoms with Crippen molar-refractivity contribution < 1.29 is 14.3 Å². The molecule has 0 unspecified atom stereocenters. The molecule has 0 fully saturated rings. The molecule has 3 aromatic rings. The molecule has 1 amide bonds. The van der Waals surface area contributed by atoms with Crippen LogP contribution in [0.15, 0.2) is 72.9 Å². The van der Waals surface area contributed by atoms with E-state index in [1.54, 1.807) is 43.6 Å². The van der Waals surface area contributed by atoms with Gasteiger partial charge in [-0.25, -0.2) is 0 Å². The van der Waals surface area contributed by atoms with Gasteiger partial charge in [-0.05, 0) is 42.5 Å². The molecule has 1 N–H and O–H groups in total. The summed E-state index contributed by atoms with van der Waals surface area (Å²) < 4.78 is 10.9. The predicted molar refractivity (Wildman–Crippen MR) is 96.0 cm³/mol. The summed E-state index contributed by atoms with van der Waals surface area (Å²) in [6.07, 6.45) is 1.73. The lowest BCUT2D eigenvalue weighted by atomic mass is 10.2. The molecule has 126 valence electrons. The first-order chi connectivity index (χ1) is 12.2. The van der Waals surface area contributed by atoms with Crippen LogP contribution in [-0.2, 0) is 6.61 Å². The van der Waals surface area contributed by atoms with Crippen molar-refractivity contribution in [1.82, 2.24) is 4.98 Å². The third kappa shape index (κ3) is 4.57. The van der Waals surface area contributed by atoms with E-state index in [4.69, 9.17) is 9.47 Å². The van der Waals surface area contributed by atoms with E-state index in [0.29, 0.717) is 29.4 Å². The fourth-order valence-electron chi connectivity index (χ4n) is 2.27. The number of rotatable bonds is 6. The number of nitrogens with one attached hydrogen (secondary N) is 1. The summed E-state index contributed by atoms with van der Waals surface area (Å²) in [6.45, 7) is 0.369. The van der Waals surface area contributed by atoms with Crippen molar-refractivity contribution in [3.63, 3.8) is 0 Å². The number of nitrogens with zero attached hydrogens (tertiary/aromatic N) is 1. The van der Waals surface area contributed by atoms with E-state index in [1.165, 1.54) is 0 Å². The van der Waals surface area contributed by atoms with Gasteiger partial charge < -0.3 is 14.8 Å². The van der Waals surface area contributed by atoms with Crippen molar-refractivity contribution in [3.05, 3.63) is 84.2 Å². The number of ether oxygens (including phenoxy) is 2. The summed E-state index contributed by atoms with van der Waals surface area (Å²) in [5.41, 5.74) is 2.03. The molecule has 0 saturated heterocycles.